The van der Waals surface area contributed by atoms with Crippen molar-refractivity contribution in [3.63, 3.8) is 0 Å². The number of rotatable bonds is 10. The summed E-state index contributed by atoms with van der Waals surface area (Å²) >= 11 is 3.81. The third-order valence-corrected chi connectivity index (χ3v) is 6.63. The molecule has 6 heteroatoms. The van der Waals surface area contributed by atoms with Crippen molar-refractivity contribution in [3.8, 4) is 0 Å². The minimum Gasteiger partial charge on any atom is -0.461 e. The van der Waals surface area contributed by atoms with Crippen LogP contribution in [0, 0.1) is 0 Å². The molecule has 0 saturated carbocycles. The van der Waals surface area contributed by atoms with Gasteiger partial charge in [0.05, 0.1) is 5.03 Å². The number of nitrogens with zero attached hydrogens (tertiary/aromatic N) is 2. The topological polar surface area (TPSA) is 32.6 Å². The summed E-state index contributed by atoms with van der Waals surface area (Å²) in [5.74, 6) is 0.854. The van der Waals surface area contributed by atoms with Crippen LogP contribution in [0.25, 0.3) is 0 Å². The molecule has 0 amide bonds. The van der Waals surface area contributed by atoms with E-state index in [4.69, 9.17) is 4.74 Å². The van der Waals surface area contributed by atoms with Gasteiger partial charge in [-0.25, -0.2) is 9.37 Å². The molecule has 2 aliphatic rings. The summed E-state index contributed by atoms with van der Waals surface area (Å²) in [6.07, 6.45) is 8.47. The lowest BCUT2D eigenvalue weighted by molar-refractivity contribution is -0.521. The van der Waals surface area contributed by atoms with Crippen molar-refractivity contribution in [1.82, 2.24) is 4.90 Å². The van der Waals surface area contributed by atoms with Gasteiger partial charge in [0, 0.05) is 37.4 Å². The first-order chi connectivity index (χ1) is 12.2. The molecule has 2 aliphatic heterocycles. The molecule has 1 unspecified atom stereocenters. The van der Waals surface area contributed by atoms with Crippen molar-refractivity contribution in [3.05, 3.63) is 23.8 Å². The van der Waals surface area contributed by atoms with Gasteiger partial charge >= 0.3 is 5.97 Å². The molecule has 4 nitrogen and oxygen atoms in total. The van der Waals surface area contributed by atoms with E-state index in [0.29, 0.717) is 11.9 Å². The number of carbonyl (C=O) groups is 1. The number of unbranched alkanes of at least 4 members (excludes halogenated alkanes) is 2. The van der Waals surface area contributed by atoms with Crippen molar-refractivity contribution in [2.45, 2.75) is 44.8 Å². The first kappa shape index (κ1) is 20.4. The minimum absolute atomic E-state index is 0.308. The van der Waals surface area contributed by atoms with E-state index in [1.165, 1.54) is 47.6 Å². The van der Waals surface area contributed by atoms with Crippen LogP contribution in [0.3, 0.4) is 0 Å². The second-order valence-electron chi connectivity index (χ2n) is 6.38. The SMILES string of the molecule is C=CC(=O)OCC1C[N+](CCCC)=C(C=C2SCCN2CCCC)S1. The lowest BCUT2D eigenvalue weighted by atomic mass is 10.3. The second-order valence-corrected chi connectivity index (χ2v) is 8.82. The molecular weight excluding hydrogens is 352 g/mol. The van der Waals surface area contributed by atoms with Gasteiger partial charge in [-0.05, 0) is 18.2 Å². The molecule has 2 rings (SSSR count). The zero-order valence-corrected chi connectivity index (χ0v) is 17.2. The van der Waals surface area contributed by atoms with Gasteiger partial charge in [0.1, 0.15) is 18.4 Å². The molecule has 0 radical (unpaired) electrons. The summed E-state index contributed by atoms with van der Waals surface area (Å²) in [6.45, 7) is 12.7. The Morgan fingerprint density at radius 2 is 2.20 bits per heavy atom. The summed E-state index contributed by atoms with van der Waals surface area (Å²) in [5.41, 5.74) is 0. The highest BCUT2D eigenvalue weighted by Crippen LogP contribution is 2.31. The lowest BCUT2D eigenvalue weighted by Crippen LogP contribution is -2.23. The van der Waals surface area contributed by atoms with Crippen LogP contribution >= 0.6 is 23.5 Å². The summed E-state index contributed by atoms with van der Waals surface area (Å²) < 4.78 is 7.73. The number of hydrogen-bond acceptors (Lipinski definition) is 5. The molecule has 0 aromatic heterocycles. The van der Waals surface area contributed by atoms with Crippen molar-refractivity contribution in [1.29, 1.82) is 0 Å². The molecule has 0 aliphatic carbocycles. The van der Waals surface area contributed by atoms with Crippen LogP contribution in [-0.4, -0.2) is 64.3 Å². The molecule has 2 heterocycles. The van der Waals surface area contributed by atoms with E-state index >= 15 is 0 Å². The highest BCUT2D eigenvalue weighted by Gasteiger charge is 2.33. The summed E-state index contributed by atoms with van der Waals surface area (Å²) in [7, 11) is 0. The van der Waals surface area contributed by atoms with Gasteiger partial charge in [-0.2, -0.15) is 0 Å². The monoisotopic (exact) mass is 383 g/mol. The van der Waals surface area contributed by atoms with Gasteiger partial charge in [0.2, 0.25) is 5.04 Å². The highest BCUT2D eigenvalue weighted by atomic mass is 32.2. The van der Waals surface area contributed by atoms with E-state index in [0.717, 1.165) is 26.2 Å². The van der Waals surface area contributed by atoms with Crippen molar-refractivity contribution in [2.24, 2.45) is 0 Å². The fourth-order valence-corrected chi connectivity index (χ4v) is 5.27. The third kappa shape index (κ3) is 6.41. The Bertz CT molecular complexity index is 532. The lowest BCUT2D eigenvalue weighted by Gasteiger charge is -2.18. The number of ether oxygens (including phenoxy) is 1. The first-order valence-electron chi connectivity index (χ1n) is 9.35. The second kappa shape index (κ2) is 11.0. The zero-order valence-electron chi connectivity index (χ0n) is 15.5. The van der Waals surface area contributed by atoms with Crippen molar-refractivity contribution < 1.29 is 14.1 Å². The van der Waals surface area contributed by atoms with Gasteiger partial charge < -0.3 is 9.64 Å². The first-order valence-corrected chi connectivity index (χ1v) is 11.2. The summed E-state index contributed by atoms with van der Waals surface area (Å²) in [5, 5.41) is 3.04. The molecule has 25 heavy (non-hydrogen) atoms. The van der Waals surface area contributed by atoms with Crippen LogP contribution in [0.5, 0.6) is 0 Å². The van der Waals surface area contributed by atoms with Crippen LogP contribution in [-0.2, 0) is 9.53 Å². The number of thioether (sulfide) groups is 2. The van der Waals surface area contributed by atoms with Crippen molar-refractivity contribution >= 4 is 34.5 Å². The Morgan fingerprint density at radius 1 is 1.40 bits per heavy atom. The normalized spacial score (nSPS) is 22.1. The van der Waals surface area contributed by atoms with Gasteiger partial charge in [0.15, 0.2) is 6.54 Å². The molecule has 0 spiro atoms. The maximum absolute atomic E-state index is 11.3. The Balaban J connectivity index is 2.03. The Kier molecular flexibility index (Phi) is 8.96. The van der Waals surface area contributed by atoms with Gasteiger partial charge in [-0.15, -0.1) is 11.8 Å². The largest absolute Gasteiger partial charge is 0.461 e. The molecule has 0 N–H and O–H groups in total. The average molecular weight is 384 g/mol. The zero-order chi connectivity index (χ0) is 18.1. The fourth-order valence-electron chi connectivity index (χ4n) is 2.89. The molecular formula is C19H31N2O2S2+. The molecule has 1 fully saturated rings. The van der Waals surface area contributed by atoms with E-state index in [9.17, 15) is 4.79 Å². The van der Waals surface area contributed by atoms with Crippen LogP contribution in [0.2, 0.25) is 0 Å². The van der Waals surface area contributed by atoms with Crippen LogP contribution in [0.15, 0.2) is 23.8 Å². The van der Waals surface area contributed by atoms with E-state index in [1.54, 1.807) is 0 Å². The van der Waals surface area contributed by atoms with Crippen molar-refractivity contribution in [2.75, 3.05) is 38.5 Å². The van der Waals surface area contributed by atoms with Gasteiger partial charge in [-0.1, -0.05) is 33.3 Å². The van der Waals surface area contributed by atoms with E-state index in [-0.39, 0.29) is 5.97 Å². The molecule has 140 valence electrons. The highest BCUT2D eigenvalue weighted by molar-refractivity contribution is 8.15. The van der Waals surface area contributed by atoms with E-state index < -0.39 is 0 Å². The predicted molar refractivity (Wildman–Crippen MR) is 109 cm³/mol. The number of hydrogen-bond donors (Lipinski definition) is 0. The average Bonchev–Trinajstić information content (AvgIpc) is 3.23. The maximum atomic E-state index is 11.3. The Hall–Kier alpha value is -0.880. The van der Waals surface area contributed by atoms with E-state index in [2.05, 4.69) is 36.0 Å². The summed E-state index contributed by atoms with van der Waals surface area (Å²) in [6, 6.07) is 0. The predicted octanol–water partition coefficient (Wildman–Crippen LogP) is 3.73. The standard InChI is InChI=1S/C19H31N2O2S2/c1-4-7-9-20-11-12-24-17(20)13-18-21(10-8-5-2)14-16(25-18)15-23-19(22)6-3/h6,13,16H,3-5,7-12,14-15H2,1-2H3/q+1. The molecule has 1 atom stereocenters. The number of carbonyl (C=O) groups excluding carboxylic acids is 1. The molecule has 0 bridgehead atoms. The summed E-state index contributed by atoms with van der Waals surface area (Å²) in [4.78, 5) is 13.9. The number of esters is 1. The Morgan fingerprint density at radius 3 is 2.92 bits per heavy atom. The molecule has 0 aromatic rings. The quantitative estimate of drug-likeness (QED) is 0.326. The molecule has 0 aromatic carbocycles. The third-order valence-electron chi connectivity index (χ3n) is 4.33. The molecule has 1 saturated heterocycles. The smallest absolute Gasteiger partial charge is 0.330 e. The van der Waals surface area contributed by atoms with Crippen LogP contribution in [0.4, 0.5) is 0 Å². The van der Waals surface area contributed by atoms with Gasteiger partial charge in [0.25, 0.3) is 0 Å². The van der Waals surface area contributed by atoms with Gasteiger partial charge in [-0.3, -0.25) is 0 Å². The Labute approximate surface area is 160 Å². The van der Waals surface area contributed by atoms with Crippen LogP contribution in [0.1, 0.15) is 39.5 Å². The van der Waals surface area contributed by atoms with E-state index in [1.807, 2.05) is 23.5 Å². The fraction of sp³-hybridized carbons (Fsp3) is 0.684. The maximum Gasteiger partial charge on any atom is 0.330 e. The van der Waals surface area contributed by atoms with Crippen LogP contribution < -0.4 is 0 Å². The minimum atomic E-state index is -0.329.